The summed E-state index contributed by atoms with van der Waals surface area (Å²) in [5.74, 6) is -0.556. The molecule has 0 atom stereocenters. The summed E-state index contributed by atoms with van der Waals surface area (Å²) in [6, 6.07) is 3.25. The number of halogens is 1. The van der Waals surface area contributed by atoms with Crippen LogP contribution >= 0.6 is 11.6 Å². The van der Waals surface area contributed by atoms with Gasteiger partial charge in [0.1, 0.15) is 12.4 Å². The minimum absolute atomic E-state index is 0.00344. The van der Waals surface area contributed by atoms with Crippen molar-refractivity contribution in [2.45, 2.75) is 6.61 Å². The molecule has 2 aromatic rings. The molecule has 0 aromatic carbocycles. The molecule has 0 radical (unpaired) electrons. The van der Waals surface area contributed by atoms with Crippen LogP contribution in [-0.2, 0) is 11.3 Å². The standard InChI is InChI=1S/C10H9ClN2O3/c1-16-5-8-12-9(10(14)15)7-3-2-6(11)4-13(7)8/h2-4H,5H2,1H3,(H,14,15). The largest absolute Gasteiger partial charge is 0.476 e. The van der Waals surface area contributed by atoms with Crippen LogP contribution in [0.3, 0.4) is 0 Å². The number of nitrogens with zero attached hydrogens (tertiary/aromatic N) is 2. The van der Waals surface area contributed by atoms with Crippen molar-refractivity contribution in [3.8, 4) is 0 Å². The fraction of sp³-hybridized carbons (Fsp3) is 0.200. The van der Waals surface area contributed by atoms with Crippen LogP contribution in [-0.4, -0.2) is 27.6 Å². The summed E-state index contributed by atoms with van der Waals surface area (Å²) in [5, 5.41) is 9.50. The Bertz CT molecular complexity index is 550. The predicted octanol–water partition coefficient (Wildman–Crippen LogP) is 1.83. The first-order valence-corrected chi connectivity index (χ1v) is 4.90. The molecule has 1 N–H and O–H groups in total. The maximum Gasteiger partial charge on any atom is 0.356 e. The summed E-state index contributed by atoms with van der Waals surface area (Å²) in [6.07, 6.45) is 1.62. The summed E-state index contributed by atoms with van der Waals surface area (Å²) in [5.41, 5.74) is 0.507. The van der Waals surface area contributed by atoms with Crippen LogP contribution < -0.4 is 0 Å². The number of carbonyl (C=O) groups is 1. The van der Waals surface area contributed by atoms with E-state index >= 15 is 0 Å². The van der Waals surface area contributed by atoms with Crippen molar-refractivity contribution in [2.75, 3.05) is 7.11 Å². The van der Waals surface area contributed by atoms with Crippen LogP contribution in [0.15, 0.2) is 18.3 Å². The third-order valence-electron chi connectivity index (χ3n) is 2.15. The van der Waals surface area contributed by atoms with Gasteiger partial charge in [0.2, 0.25) is 0 Å². The number of fused-ring (bicyclic) bond motifs is 1. The van der Waals surface area contributed by atoms with Gasteiger partial charge >= 0.3 is 5.97 Å². The fourth-order valence-corrected chi connectivity index (χ4v) is 1.67. The predicted molar refractivity (Wildman–Crippen MR) is 57.9 cm³/mol. The highest BCUT2D eigenvalue weighted by molar-refractivity contribution is 6.30. The molecule has 0 spiro atoms. The van der Waals surface area contributed by atoms with Crippen molar-refractivity contribution in [3.63, 3.8) is 0 Å². The van der Waals surface area contributed by atoms with Gasteiger partial charge in [-0.15, -0.1) is 0 Å². The first-order valence-electron chi connectivity index (χ1n) is 4.52. The van der Waals surface area contributed by atoms with Gasteiger partial charge in [0.15, 0.2) is 5.69 Å². The lowest BCUT2D eigenvalue weighted by atomic mass is 10.3. The maximum atomic E-state index is 11.0. The van der Waals surface area contributed by atoms with Crippen LogP contribution in [0, 0.1) is 0 Å². The molecule has 2 aromatic heterocycles. The van der Waals surface area contributed by atoms with Gasteiger partial charge < -0.3 is 9.84 Å². The van der Waals surface area contributed by atoms with Gasteiger partial charge in [-0.05, 0) is 12.1 Å². The average molecular weight is 241 g/mol. The molecule has 0 fully saturated rings. The van der Waals surface area contributed by atoms with E-state index in [1.165, 1.54) is 7.11 Å². The van der Waals surface area contributed by atoms with E-state index in [0.29, 0.717) is 16.4 Å². The van der Waals surface area contributed by atoms with Crippen molar-refractivity contribution in [1.82, 2.24) is 9.38 Å². The van der Waals surface area contributed by atoms with E-state index in [9.17, 15) is 4.79 Å². The molecule has 0 unspecified atom stereocenters. The molecule has 16 heavy (non-hydrogen) atoms. The second-order valence-electron chi connectivity index (χ2n) is 3.22. The Hall–Kier alpha value is -1.59. The van der Waals surface area contributed by atoms with E-state index in [2.05, 4.69) is 4.98 Å². The summed E-state index contributed by atoms with van der Waals surface area (Å²) >= 11 is 5.84. The zero-order valence-electron chi connectivity index (χ0n) is 8.48. The van der Waals surface area contributed by atoms with Crippen molar-refractivity contribution in [3.05, 3.63) is 34.9 Å². The summed E-state index contributed by atoms with van der Waals surface area (Å²) in [7, 11) is 1.52. The highest BCUT2D eigenvalue weighted by Crippen LogP contribution is 2.17. The Morgan fingerprint density at radius 1 is 1.62 bits per heavy atom. The number of methoxy groups -OCH3 is 1. The second kappa shape index (κ2) is 4.11. The molecule has 0 aliphatic heterocycles. The molecule has 84 valence electrons. The Balaban J connectivity index is 2.71. The maximum absolute atomic E-state index is 11.0. The van der Waals surface area contributed by atoms with Crippen LogP contribution in [0.2, 0.25) is 5.02 Å². The SMILES string of the molecule is COCc1nc(C(=O)O)c2ccc(Cl)cn12. The van der Waals surface area contributed by atoms with Gasteiger partial charge in [0.25, 0.3) is 0 Å². The van der Waals surface area contributed by atoms with Crippen molar-refractivity contribution in [1.29, 1.82) is 0 Å². The normalized spacial score (nSPS) is 10.9. The van der Waals surface area contributed by atoms with Gasteiger partial charge in [-0.3, -0.25) is 4.40 Å². The highest BCUT2D eigenvalue weighted by Gasteiger charge is 2.16. The molecule has 0 saturated carbocycles. The Morgan fingerprint density at radius 3 is 3.00 bits per heavy atom. The van der Waals surface area contributed by atoms with Crippen molar-refractivity contribution >= 4 is 23.1 Å². The molecular weight excluding hydrogens is 232 g/mol. The molecule has 0 amide bonds. The molecule has 2 heterocycles. The Morgan fingerprint density at radius 2 is 2.38 bits per heavy atom. The lowest BCUT2D eigenvalue weighted by Gasteiger charge is -1.99. The third-order valence-corrected chi connectivity index (χ3v) is 2.37. The number of rotatable bonds is 3. The summed E-state index contributed by atoms with van der Waals surface area (Å²) in [6.45, 7) is 0.231. The van der Waals surface area contributed by atoms with E-state index in [4.69, 9.17) is 21.4 Å². The van der Waals surface area contributed by atoms with E-state index in [1.54, 1.807) is 22.7 Å². The quantitative estimate of drug-likeness (QED) is 0.889. The number of hydrogen-bond acceptors (Lipinski definition) is 3. The lowest BCUT2D eigenvalue weighted by Crippen LogP contribution is -1.97. The number of aromatic nitrogens is 2. The smallest absolute Gasteiger partial charge is 0.356 e. The highest BCUT2D eigenvalue weighted by atomic mass is 35.5. The minimum atomic E-state index is -1.07. The van der Waals surface area contributed by atoms with Crippen molar-refractivity contribution < 1.29 is 14.6 Å². The van der Waals surface area contributed by atoms with Crippen LogP contribution in [0.4, 0.5) is 0 Å². The molecule has 2 rings (SSSR count). The van der Waals surface area contributed by atoms with Crippen molar-refractivity contribution in [2.24, 2.45) is 0 Å². The van der Waals surface area contributed by atoms with Gasteiger partial charge in [-0.2, -0.15) is 0 Å². The van der Waals surface area contributed by atoms with Gasteiger partial charge in [-0.25, -0.2) is 9.78 Å². The summed E-state index contributed by atoms with van der Waals surface area (Å²) in [4.78, 5) is 15.0. The molecule has 5 nitrogen and oxygen atoms in total. The number of aromatic carboxylic acids is 1. The molecule has 6 heteroatoms. The van der Waals surface area contributed by atoms with Crippen LogP contribution in [0.1, 0.15) is 16.3 Å². The van der Waals surface area contributed by atoms with Gasteiger partial charge in [0.05, 0.1) is 10.5 Å². The fourth-order valence-electron chi connectivity index (χ4n) is 1.51. The Kier molecular flexibility index (Phi) is 2.80. The van der Waals surface area contributed by atoms with E-state index in [-0.39, 0.29) is 12.3 Å². The first-order chi connectivity index (χ1) is 7.63. The summed E-state index contributed by atoms with van der Waals surface area (Å²) < 4.78 is 6.57. The molecule has 0 bridgehead atoms. The number of imidazole rings is 1. The lowest BCUT2D eigenvalue weighted by molar-refractivity contribution is 0.0692. The third kappa shape index (κ3) is 1.75. The van der Waals surface area contributed by atoms with Crippen LogP contribution in [0.25, 0.3) is 5.52 Å². The molecule has 0 aliphatic carbocycles. The van der Waals surface area contributed by atoms with E-state index < -0.39 is 5.97 Å². The van der Waals surface area contributed by atoms with Gasteiger partial charge in [0, 0.05) is 13.3 Å². The number of ether oxygens (including phenoxy) is 1. The number of hydrogen-bond donors (Lipinski definition) is 1. The van der Waals surface area contributed by atoms with E-state index in [1.807, 2.05) is 0 Å². The second-order valence-corrected chi connectivity index (χ2v) is 3.65. The topological polar surface area (TPSA) is 63.8 Å². The zero-order valence-corrected chi connectivity index (χ0v) is 9.23. The monoisotopic (exact) mass is 240 g/mol. The minimum Gasteiger partial charge on any atom is -0.476 e. The average Bonchev–Trinajstić information content (AvgIpc) is 2.58. The molecular formula is C10H9ClN2O3. The van der Waals surface area contributed by atoms with Gasteiger partial charge in [-0.1, -0.05) is 11.6 Å². The molecule has 0 aliphatic rings. The zero-order chi connectivity index (χ0) is 11.7. The number of pyridine rings is 1. The first kappa shape index (κ1) is 10.9. The molecule has 0 saturated heterocycles. The number of carboxylic acids is 1. The Labute approximate surface area is 96.2 Å². The van der Waals surface area contributed by atoms with Crippen LogP contribution in [0.5, 0.6) is 0 Å². The van der Waals surface area contributed by atoms with E-state index in [0.717, 1.165) is 0 Å². The number of carboxylic acid groups (broad SMARTS) is 1.